The molecule has 48 heavy (non-hydrogen) atoms. The summed E-state index contributed by atoms with van der Waals surface area (Å²) >= 11 is 6.08. The maximum Gasteiger partial charge on any atom is 0.419 e. The molecular formula is C34H44ClF3N8O2. The molecule has 0 N–H and O–H groups in total. The average molecular weight is 689 g/mol. The van der Waals surface area contributed by atoms with Crippen LogP contribution in [0.1, 0.15) is 61.8 Å². The Bertz CT molecular complexity index is 1500. The number of hydrogen-bond donors (Lipinski definition) is 0. The van der Waals surface area contributed by atoms with Gasteiger partial charge in [-0.3, -0.25) is 4.79 Å². The van der Waals surface area contributed by atoms with Crippen LogP contribution >= 0.6 is 11.6 Å². The van der Waals surface area contributed by atoms with E-state index in [0.29, 0.717) is 57.1 Å². The van der Waals surface area contributed by atoms with E-state index in [-0.39, 0.29) is 47.7 Å². The van der Waals surface area contributed by atoms with Crippen molar-refractivity contribution in [3.05, 3.63) is 40.0 Å². The Morgan fingerprint density at radius 1 is 1.06 bits per heavy atom. The Kier molecular flexibility index (Phi) is 10.8. The highest BCUT2D eigenvalue weighted by molar-refractivity contribution is 6.31. The molecular weight excluding hydrogens is 645 g/mol. The van der Waals surface area contributed by atoms with Crippen LogP contribution < -0.4 is 14.5 Å². The van der Waals surface area contributed by atoms with Gasteiger partial charge in [-0.1, -0.05) is 17.7 Å². The number of halogens is 4. The molecule has 5 heterocycles. The summed E-state index contributed by atoms with van der Waals surface area (Å²) in [5, 5.41) is 9.36. The van der Waals surface area contributed by atoms with Crippen LogP contribution in [0.5, 0.6) is 6.01 Å². The van der Waals surface area contributed by atoms with E-state index in [4.69, 9.17) is 26.3 Å². The van der Waals surface area contributed by atoms with Crippen molar-refractivity contribution >= 4 is 29.0 Å². The monoisotopic (exact) mass is 688 g/mol. The molecule has 4 aliphatic rings. The van der Waals surface area contributed by atoms with Crippen LogP contribution in [0.25, 0.3) is 0 Å². The highest BCUT2D eigenvalue weighted by Crippen LogP contribution is 2.43. The molecule has 14 heteroatoms. The van der Waals surface area contributed by atoms with Crippen molar-refractivity contribution < 1.29 is 22.7 Å². The smallest absolute Gasteiger partial charge is 0.419 e. The third-order valence-electron chi connectivity index (χ3n) is 10.2. The van der Waals surface area contributed by atoms with E-state index in [2.05, 4.69) is 27.8 Å². The topological polar surface area (TPSA) is 92.1 Å². The van der Waals surface area contributed by atoms with E-state index >= 15 is 0 Å². The van der Waals surface area contributed by atoms with Gasteiger partial charge >= 0.3 is 12.2 Å². The first-order valence-electron chi connectivity index (χ1n) is 17.1. The number of rotatable bonds is 10. The van der Waals surface area contributed by atoms with Gasteiger partial charge in [0.05, 0.1) is 47.0 Å². The van der Waals surface area contributed by atoms with Crippen molar-refractivity contribution in [2.75, 3.05) is 75.8 Å². The zero-order valence-electron chi connectivity index (χ0n) is 27.5. The van der Waals surface area contributed by atoms with Crippen molar-refractivity contribution in [1.29, 1.82) is 5.26 Å². The lowest BCUT2D eigenvalue weighted by molar-refractivity contribution is -0.137. The number of anilines is 2. The first-order valence-corrected chi connectivity index (χ1v) is 17.5. The number of benzene rings is 1. The normalized spacial score (nSPS) is 22.2. The number of piperazine rings is 1. The summed E-state index contributed by atoms with van der Waals surface area (Å²) < 4.78 is 48.5. The number of carbonyl (C=O) groups is 1. The summed E-state index contributed by atoms with van der Waals surface area (Å²) in [6, 6.07) is 6.62. The fourth-order valence-electron chi connectivity index (χ4n) is 7.60. The lowest BCUT2D eigenvalue weighted by Crippen LogP contribution is -2.55. The predicted octanol–water partition coefficient (Wildman–Crippen LogP) is 4.99. The van der Waals surface area contributed by atoms with Gasteiger partial charge in [0.1, 0.15) is 12.4 Å². The van der Waals surface area contributed by atoms with Gasteiger partial charge in [-0.05, 0) is 83.9 Å². The van der Waals surface area contributed by atoms with E-state index in [0.717, 1.165) is 51.0 Å². The minimum Gasteiger partial charge on any atom is -0.462 e. The Morgan fingerprint density at radius 3 is 2.60 bits per heavy atom. The molecule has 3 saturated heterocycles. The number of fused-ring (bicyclic) bond motifs is 1. The molecule has 0 aliphatic carbocycles. The lowest BCUT2D eigenvalue weighted by Gasteiger charge is -2.42. The Hall–Kier alpha value is -3.34. The van der Waals surface area contributed by atoms with Crippen LogP contribution in [0, 0.1) is 11.3 Å². The first kappa shape index (κ1) is 34.5. The fourth-order valence-corrected chi connectivity index (χ4v) is 7.87. The van der Waals surface area contributed by atoms with Crippen LogP contribution in [0.2, 0.25) is 5.02 Å². The van der Waals surface area contributed by atoms with Crippen LogP contribution in [-0.2, 0) is 23.9 Å². The molecule has 2 aromatic rings. The maximum atomic E-state index is 14.1. The molecule has 0 spiro atoms. The molecule has 10 nitrogen and oxygen atoms in total. The second-order valence-corrected chi connectivity index (χ2v) is 13.8. The molecule has 0 bridgehead atoms. The van der Waals surface area contributed by atoms with Gasteiger partial charge < -0.3 is 29.2 Å². The summed E-state index contributed by atoms with van der Waals surface area (Å²) in [5.41, 5.74) is 0.618. The summed E-state index contributed by atoms with van der Waals surface area (Å²) in [5.74, 6) is 0.738. The summed E-state index contributed by atoms with van der Waals surface area (Å²) in [4.78, 5) is 33.3. The number of alkyl halides is 3. The molecule has 1 aromatic heterocycles. The summed E-state index contributed by atoms with van der Waals surface area (Å²) in [6.45, 7) is 6.34. The van der Waals surface area contributed by atoms with Crippen molar-refractivity contribution in [2.24, 2.45) is 0 Å². The molecule has 0 unspecified atom stereocenters. The SMILES string of the molecule is CN1CCC[C@H]1COc1nc2c(c(N3CCN(C(=O)CCCN4CCCC4)[C@@H](CC#N)C3)n1)CCN(c1cccc(Cl)c1C(F)(F)F)C2. The van der Waals surface area contributed by atoms with Crippen molar-refractivity contribution in [3.8, 4) is 12.1 Å². The minimum atomic E-state index is -4.62. The Balaban J connectivity index is 1.24. The Labute approximate surface area is 285 Å². The number of nitriles is 1. The molecule has 260 valence electrons. The van der Waals surface area contributed by atoms with Crippen LogP contribution in [0.4, 0.5) is 24.7 Å². The van der Waals surface area contributed by atoms with E-state index in [1.165, 1.54) is 31.0 Å². The van der Waals surface area contributed by atoms with E-state index in [1.807, 2.05) is 4.90 Å². The van der Waals surface area contributed by atoms with E-state index < -0.39 is 11.7 Å². The maximum absolute atomic E-state index is 14.1. The largest absolute Gasteiger partial charge is 0.462 e. The number of ether oxygens (including phenoxy) is 1. The van der Waals surface area contributed by atoms with Gasteiger partial charge in [0.2, 0.25) is 5.91 Å². The first-order chi connectivity index (χ1) is 23.1. The third kappa shape index (κ3) is 7.76. The summed E-state index contributed by atoms with van der Waals surface area (Å²) in [6.07, 6.45) is 1.75. The van der Waals surface area contributed by atoms with Crippen LogP contribution in [-0.4, -0.2) is 109 Å². The van der Waals surface area contributed by atoms with Gasteiger partial charge in [0, 0.05) is 44.2 Å². The van der Waals surface area contributed by atoms with Gasteiger partial charge in [-0.15, -0.1) is 0 Å². The number of likely N-dealkylation sites (N-methyl/N-ethyl adjacent to an activating group) is 1. The summed E-state index contributed by atoms with van der Waals surface area (Å²) in [7, 11) is 2.06. The quantitative estimate of drug-likeness (QED) is 0.343. The van der Waals surface area contributed by atoms with Crippen LogP contribution in [0.15, 0.2) is 18.2 Å². The van der Waals surface area contributed by atoms with Crippen LogP contribution in [0.3, 0.4) is 0 Å². The predicted molar refractivity (Wildman–Crippen MR) is 177 cm³/mol. The molecule has 1 amide bonds. The molecule has 0 saturated carbocycles. The molecule has 0 radical (unpaired) electrons. The lowest BCUT2D eigenvalue weighted by atomic mass is 10.0. The van der Waals surface area contributed by atoms with E-state index in [9.17, 15) is 23.2 Å². The highest BCUT2D eigenvalue weighted by Gasteiger charge is 2.39. The molecule has 1 aromatic carbocycles. The van der Waals surface area contributed by atoms with Crippen molar-refractivity contribution in [3.63, 3.8) is 0 Å². The zero-order chi connectivity index (χ0) is 33.8. The minimum absolute atomic E-state index is 0.0156. The second kappa shape index (κ2) is 15.0. The zero-order valence-corrected chi connectivity index (χ0v) is 28.3. The molecule has 6 rings (SSSR count). The average Bonchev–Trinajstić information content (AvgIpc) is 3.74. The number of hydrogen-bond acceptors (Lipinski definition) is 9. The standard InChI is InChI=1S/C34H44ClF3N8O2/c1-42-14-5-7-25(42)23-48-33-40-28-22-44(29-9-4-8-27(35)31(29)34(36,37)38)18-12-26(28)32(41-33)45-19-20-46(24(21-45)11-13-39)30(47)10-6-17-43-15-2-3-16-43/h4,8-9,24-25H,2-3,5-7,10-12,14-23H2,1H3/t24-,25-/m0/s1. The number of likely N-dealkylation sites (tertiary alicyclic amines) is 2. The number of aromatic nitrogens is 2. The van der Waals surface area contributed by atoms with Gasteiger partial charge in [-0.25, -0.2) is 0 Å². The van der Waals surface area contributed by atoms with Crippen molar-refractivity contribution in [1.82, 2.24) is 24.7 Å². The third-order valence-corrected chi connectivity index (χ3v) is 10.5. The fraction of sp³-hybridized carbons (Fsp3) is 0.647. The Morgan fingerprint density at radius 2 is 1.88 bits per heavy atom. The van der Waals surface area contributed by atoms with Gasteiger partial charge in [0.25, 0.3) is 0 Å². The van der Waals surface area contributed by atoms with Gasteiger partial charge in [0.15, 0.2) is 0 Å². The van der Waals surface area contributed by atoms with Crippen molar-refractivity contribution in [2.45, 2.75) is 76.2 Å². The number of amides is 1. The highest BCUT2D eigenvalue weighted by atomic mass is 35.5. The molecule has 4 aliphatic heterocycles. The van der Waals surface area contributed by atoms with Gasteiger partial charge in [-0.2, -0.15) is 28.4 Å². The second-order valence-electron chi connectivity index (χ2n) is 13.3. The number of nitrogens with zero attached hydrogens (tertiary/aromatic N) is 8. The van der Waals surface area contributed by atoms with E-state index in [1.54, 1.807) is 4.90 Å². The molecule has 3 fully saturated rings. The number of carbonyl (C=O) groups excluding carboxylic acids is 1. The molecule has 2 atom stereocenters.